The van der Waals surface area contributed by atoms with Crippen molar-refractivity contribution in [3.8, 4) is 16.9 Å². The highest BCUT2D eigenvalue weighted by Gasteiger charge is 2.57. The van der Waals surface area contributed by atoms with Gasteiger partial charge in [0.2, 0.25) is 0 Å². The average Bonchev–Trinajstić information content (AvgIpc) is 3.13. The molecule has 1 unspecified atom stereocenters. The number of nitrogens with one attached hydrogen (secondary N) is 1. The summed E-state index contributed by atoms with van der Waals surface area (Å²) in [5, 5.41) is 9.58. The SMILES string of the molecule is CCS(=O)(=O)c1ccc(OCC2CC2(F)F)c(-c2cn(C)c(=O)c3[nH]c(C(=O)O)cc23)c1. The van der Waals surface area contributed by atoms with E-state index in [4.69, 9.17) is 4.74 Å². The molecule has 0 spiro atoms. The highest BCUT2D eigenvalue weighted by Crippen LogP contribution is 2.49. The Bertz CT molecular complexity index is 1410. The Morgan fingerprint density at radius 2 is 2.00 bits per heavy atom. The van der Waals surface area contributed by atoms with Crippen LogP contribution in [-0.2, 0) is 16.9 Å². The van der Waals surface area contributed by atoms with Crippen molar-refractivity contribution in [1.29, 1.82) is 0 Å². The van der Waals surface area contributed by atoms with E-state index in [1.807, 2.05) is 0 Å². The van der Waals surface area contributed by atoms with Gasteiger partial charge < -0.3 is 19.4 Å². The minimum atomic E-state index is -3.61. The van der Waals surface area contributed by atoms with Crippen molar-refractivity contribution in [1.82, 2.24) is 9.55 Å². The second-order valence-corrected chi connectivity index (χ2v) is 10.0. The van der Waals surface area contributed by atoms with Gasteiger partial charge in [-0.2, -0.15) is 0 Å². The van der Waals surface area contributed by atoms with Crippen LogP contribution in [0.5, 0.6) is 5.75 Å². The standard InChI is InChI=1S/C21H20F2N2O6S/c1-3-32(29,30)12-4-5-17(31-10-11-8-21(11,22)23)13(6-12)15-9-25(2)19(26)18-14(15)7-16(24-18)20(27)28/h4-7,9,11,24H,3,8,10H2,1-2H3,(H,27,28). The number of sulfone groups is 1. The van der Waals surface area contributed by atoms with Gasteiger partial charge in [0.1, 0.15) is 17.0 Å². The van der Waals surface area contributed by atoms with Crippen LogP contribution in [0.1, 0.15) is 23.8 Å². The molecule has 2 heterocycles. The Hall–Kier alpha value is -3.21. The van der Waals surface area contributed by atoms with Crippen molar-refractivity contribution in [2.75, 3.05) is 12.4 Å². The van der Waals surface area contributed by atoms with Crippen molar-refractivity contribution in [2.45, 2.75) is 24.2 Å². The molecule has 8 nitrogen and oxygen atoms in total. The molecule has 0 aliphatic heterocycles. The average molecular weight is 466 g/mol. The zero-order valence-corrected chi connectivity index (χ0v) is 18.0. The van der Waals surface area contributed by atoms with Gasteiger partial charge in [0, 0.05) is 36.2 Å². The first-order valence-corrected chi connectivity index (χ1v) is 11.4. The largest absolute Gasteiger partial charge is 0.492 e. The Labute approximate surface area is 181 Å². The van der Waals surface area contributed by atoms with Gasteiger partial charge in [-0.1, -0.05) is 6.92 Å². The van der Waals surface area contributed by atoms with Crippen LogP contribution in [0.2, 0.25) is 0 Å². The first kappa shape index (κ1) is 22.0. The number of halogens is 2. The number of aromatic nitrogens is 2. The van der Waals surface area contributed by atoms with E-state index in [0.29, 0.717) is 5.56 Å². The molecule has 1 aromatic carbocycles. The Morgan fingerprint density at radius 3 is 2.59 bits per heavy atom. The van der Waals surface area contributed by atoms with Gasteiger partial charge in [0.05, 0.1) is 23.2 Å². The minimum Gasteiger partial charge on any atom is -0.492 e. The number of benzene rings is 1. The van der Waals surface area contributed by atoms with E-state index >= 15 is 0 Å². The predicted octanol–water partition coefficient (Wildman–Crippen LogP) is 3.06. The summed E-state index contributed by atoms with van der Waals surface area (Å²) in [6.07, 6.45) is 1.15. The summed E-state index contributed by atoms with van der Waals surface area (Å²) in [6, 6.07) is 5.35. The van der Waals surface area contributed by atoms with Gasteiger partial charge >= 0.3 is 5.97 Å². The molecule has 2 aromatic heterocycles. The summed E-state index contributed by atoms with van der Waals surface area (Å²) in [6.45, 7) is 1.23. The van der Waals surface area contributed by atoms with Crippen molar-refractivity contribution < 1.29 is 31.8 Å². The molecule has 1 saturated carbocycles. The van der Waals surface area contributed by atoms with E-state index in [-0.39, 0.29) is 51.6 Å². The number of carboxylic acids is 1. The number of ether oxygens (including phenoxy) is 1. The number of pyridine rings is 1. The van der Waals surface area contributed by atoms with Crippen LogP contribution in [-0.4, -0.2) is 47.3 Å². The molecule has 0 amide bonds. The van der Waals surface area contributed by atoms with Crippen LogP contribution < -0.4 is 10.3 Å². The van der Waals surface area contributed by atoms with E-state index < -0.39 is 33.2 Å². The number of aryl methyl sites for hydroxylation is 1. The maximum atomic E-state index is 13.3. The van der Waals surface area contributed by atoms with Crippen LogP contribution >= 0.6 is 0 Å². The zero-order valence-electron chi connectivity index (χ0n) is 17.2. The number of H-pyrrole nitrogens is 1. The zero-order chi connectivity index (χ0) is 23.4. The quantitative estimate of drug-likeness (QED) is 0.553. The molecule has 32 heavy (non-hydrogen) atoms. The predicted molar refractivity (Wildman–Crippen MR) is 112 cm³/mol. The van der Waals surface area contributed by atoms with Crippen molar-refractivity contribution >= 4 is 26.7 Å². The van der Waals surface area contributed by atoms with Crippen molar-refractivity contribution in [3.05, 3.63) is 46.5 Å². The number of aromatic carboxylic acids is 1. The third-order valence-corrected chi connectivity index (χ3v) is 7.30. The number of hydrogen-bond acceptors (Lipinski definition) is 5. The van der Waals surface area contributed by atoms with Crippen LogP contribution in [0, 0.1) is 5.92 Å². The first-order valence-electron chi connectivity index (χ1n) is 9.78. The molecule has 0 radical (unpaired) electrons. The van der Waals surface area contributed by atoms with Crippen molar-refractivity contribution in [2.24, 2.45) is 13.0 Å². The molecule has 0 saturated heterocycles. The summed E-state index contributed by atoms with van der Waals surface area (Å²) in [4.78, 5) is 26.5. The number of fused-ring (bicyclic) bond motifs is 1. The highest BCUT2D eigenvalue weighted by atomic mass is 32.2. The van der Waals surface area contributed by atoms with Crippen LogP contribution in [0.4, 0.5) is 8.78 Å². The molecule has 0 bridgehead atoms. The second-order valence-electron chi connectivity index (χ2n) is 7.77. The lowest BCUT2D eigenvalue weighted by Gasteiger charge is -2.15. The molecule has 2 N–H and O–H groups in total. The van der Waals surface area contributed by atoms with Crippen molar-refractivity contribution in [3.63, 3.8) is 0 Å². The molecule has 11 heteroatoms. The lowest BCUT2D eigenvalue weighted by atomic mass is 10.0. The summed E-state index contributed by atoms with van der Waals surface area (Å²) < 4.78 is 58.4. The molecule has 1 atom stereocenters. The van der Waals surface area contributed by atoms with Gasteiger partial charge in [-0.3, -0.25) is 4.79 Å². The fourth-order valence-electron chi connectivity index (χ4n) is 3.51. The third-order valence-electron chi connectivity index (χ3n) is 5.57. The molecular formula is C21H20F2N2O6S. The van der Waals surface area contributed by atoms with E-state index in [1.54, 1.807) is 0 Å². The van der Waals surface area contributed by atoms with Gasteiger partial charge in [-0.25, -0.2) is 22.0 Å². The van der Waals surface area contributed by atoms with Gasteiger partial charge in [-0.15, -0.1) is 0 Å². The van der Waals surface area contributed by atoms with E-state index in [1.165, 1.54) is 49.0 Å². The lowest BCUT2D eigenvalue weighted by molar-refractivity contribution is 0.0691. The number of alkyl halides is 2. The van der Waals surface area contributed by atoms with Crippen LogP contribution in [0.15, 0.2) is 40.2 Å². The second kappa shape index (κ2) is 7.44. The number of aromatic amines is 1. The number of carbonyl (C=O) groups is 1. The third kappa shape index (κ3) is 3.77. The normalized spacial score (nSPS) is 17.4. The fraction of sp³-hybridized carbons (Fsp3) is 0.333. The number of hydrogen-bond donors (Lipinski definition) is 2. The Kier molecular flexibility index (Phi) is 5.11. The molecule has 1 aliphatic carbocycles. The molecule has 1 fully saturated rings. The summed E-state index contributed by atoms with van der Waals surface area (Å²) in [7, 11) is -2.15. The molecule has 1 aliphatic rings. The van der Waals surface area contributed by atoms with Gasteiger partial charge in [0.25, 0.3) is 11.5 Å². The summed E-state index contributed by atoms with van der Waals surface area (Å²) >= 11 is 0. The fourth-order valence-corrected chi connectivity index (χ4v) is 4.42. The van der Waals surface area contributed by atoms with Gasteiger partial charge in [0.15, 0.2) is 9.84 Å². The Balaban J connectivity index is 1.93. The topological polar surface area (TPSA) is 118 Å². The smallest absolute Gasteiger partial charge is 0.352 e. The van der Waals surface area contributed by atoms with Crippen LogP contribution in [0.25, 0.3) is 22.0 Å². The summed E-state index contributed by atoms with van der Waals surface area (Å²) in [5.41, 5.74) is -0.0990. The maximum absolute atomic E-state index is 13.3. The molecule has 3 aromatic rings. The van der Waals surface area contributed by atoms with E-state index in [9.17, 15) is 31.9 Å². The first-order chi connectivity index (χ1) is 14.9. The highest BCUT2D eigenvalue weighted by molar-refractivity contribution is 7.91. The lowest BCUT2D eigenvalue weighted by Crippen LogP contribution is -2.17. The Morgan fingerprint density at radius 1 is 1.31 bits per heavy atom. The summed E-state index contributed by atoms with van der Waals surface area (Å²) in [5.74, 6) is -4.99. The molecular weight excluding hydrogens is 446 g/mol. The number of carboxylic acid groups (broad SMARTS) is 1. The monoisotopic (exact) mass is 466 g/mol. The molecule has 4 rings (SSSR count). The van der Waals surface area contributed by atoms with Gasteiger partial charge in [-0.05, 0) is 24.3 Å². The number of nitrogens with zero attached hydrogens (tertiary/aromatic N) is 1. The van der Waals surface area contributed by atoms with E-state index in [2.05, 4.69) is 4.98 Å². The molecule has 170 valence electrons. The number of rotatable bonds is 7. The minimum absolute atomic E-state index is 0.00454. The maximum Gasteiger partial charge on any atom is 0.352 e. The van der Waals surface area contributed by atoms with Crippen LogP contribution in [0.3, 0.4) is 0 Å². The van der Waals surface area contributed by atoms with E-state index in [0.717, 1.165) is 0 Å².